The number of nitrogens with zero attached hydrogens (tertiary/aromatic N) is 6. The molecule has 76 heavy (non-hydrogen) atoms. The van der Waals surface area contributed by atoms with Crippen molar-refractivity contribution in [2.24, 2.45) is 0 Å². The van der Waals surface area contributed by atoms with Crippen molar-refractivity contribution in [3.8, 4) is 90.0 Å². The van der Waals surface area contributed by atoms with Crippen LogP contribution in [-0.4, -0.2) is 24.1 Å². The fourth-order valence-corrected chi connectivity index (χ4v) is 11.0. The first kappa shape index (κ1) is 44.2. The molecule has 0 bridgehead atoms. The minimum atomic E-state index is 0.552. The summed E-state index contributed by atoms with van der Waals surface area (Å²) in [5.74, 6) is 1.73. The van der Waals surface area contributed by atoms with E-state index in [0.717, 1.165) is 116 Å². The zero-order valence-corrected chi connectivity index (χ0v) is 41.1. The van der Waals surface area contributed by atoms with E-state index in [1.54, 1.807) is 0 Å². The average molecular weight is 969 g/mol. The minimum absolute atomic E-state index is 0.552. The highest BCUT2D eigenvalue weighted by molar-refractivity contribution is 6.13. The van der Waals surface area contributed by atoms with Gasteiger partial charge in [0.15, 0.2) is 23.2 Å². The lowest BCUT2D eigenvalue weighted by molar-refractivity contribution is 1.07. The quantitative estimate of drug-likeness (QED) is 0.135. The Kier molecular flexibility index (Phi) is 10.8. The molecule has 0 saturated carbocycles. The van der Waals surface area contributed by atoms with E-state index >= 15 is 0 Å². The van der Waals surface area contributed by atoms with Crippen LogP contribution in [0.1, 0.15) is 0 Å². The van der Waals surface area contributed by atoms with Crippen LogP contribution in [-0.2, 0) is 0 Å². The van der Waals surface area contributed by atoms with Crippen LogP contribution in [0.25, 0.3) is 139 Å². The Bertz CT molecular complexity index is 4510. The Balaban J connectivity index is 1.10. The minimum Gasteiger partial charge on any atom is -0.309 e. The Labute approximate surface area is 439 Å². The van der Waals surface area contributed by atoms with Crippen LogP contribution in [0, 0.1) is 6.57 Å². The van der Waals surface area contributed by atoms with Crippen LogP contribution in [0.3, 0.4) is 0 Å². The SMILES string of the molecule is [C-]#[N+]c1ccccc1-c1ccc(-n2c3ccccc3c3cc(-c4ccccc4)ccc32)c(-c2cc(-c3nc(-c4ccccc4)nc(-c4ccccc4)n3)ccc2-n2c3ccccc3c3cc(-c4ccccc4)ccc32)c1. The molecular weight excluding hydrogens is 925 g/mol. The summed E-state index contributed by atoms with van der Waals surface area (Å²) < 4.78 is 4.83. The Morgan fingerprint density at radius 2 is 0.632 bits per heavy atom. The van der Waals surface area contributed by atoms with Gasteiger partial charge in [-0.05, 0) is 100 Å². The lowest BCUT2D eigenvalue weighted by Crippen LogP contribution is -2.04. The number of aromatic nitrogens is 5. The van der Waals surface area contributed by atoms with E-state index in [4.69, 9.17) is 21.5 Å². The van der Waals surface area contributed by atoms with Crippen molar-refractivity contribution in [2.75, 3.05) is 0 Å². The zero-order valence-electron chi connectivity index (χ0n) is 41.1. The maximum atomic E-state index is 8.30. The summed E-state index contributed by atoms with van der Waals surface area (Å²) in [6, 6.07) is 93.7. The van der Waals surface area contributed by atoms with Crippen molar-refractivity contribution in [2.45, 2.75) is 0 Å². The average Bonchev–Trinajstić information content (AvgIpc) is 4.11. The molecule has 6 nitrogen and oxygen atoms in total. The third-order valence-electron chi connectivity index (χ3n) is 14.6. The lowest BCUT2D eigenvalue weighted by Gasteiger charge is -2.21. The lowest BCUT2D eigenvalue weighted by atomic mass is 9.93. The molecule has 354 valence electrons. The predicted octanol–water partition coefficient (Wildman–Crippen LogP) is 18.3. The second-order valence-corrected chi connectivity index (χ2v) is 19.0. The molecule has 0 saturated heterocycles. The molecule has 14 aromatic rings. The molecule has 0 spiro atoms. The number of rotatable bonds is 9. The topological polar surface area (TPSA) is 52.9 Å². The summed E-state index contributed by atoms with van der Waals surface area (Å²) in [4.78, 5) is 19.7. The molecule has 0 aliphatic rings. The molecule has 3 aromatic heterocycles. The highest BCUT2D eigenvalue weighted by Gasteiger charge is 2.24. The van der Waals surface area contributed by atoms with E-state index in [1.807, 2.05) is 84.9 Å². The summed E-state index contributed by atoms with van der Waals surface area (Å²) in [6.07, 6.45) is 0. The molecule has 11 aromatic carbocycles. The number of benzene rings is 11. The van der Waals surface area contributed by atoms with Crippen LogP contribution in [0.2, 0.25) is 0 Å². The van der Waals surface area contributed by atoms with E-state index in [1.165, 1.54) is 0 Å². The Morgan fingerprint density at radius 3 is 1.12 bits per heavy atom. The van der Waals surface area contributed by atoms with Crippen molar-refractivity contribution in [1.29, 1.82) is 0 Å². The van der Waals surface area contributed by atoms with Crippen molar-refractivity contribution in [3.63, 3.8) is 0 Å². The Morgan fingerprint density at radius 1 is 0.263 bits per heavy atom. The Hall–Kier alpha value is -10.5. The molecule has 0 atom stereocenters. The van der Waals surface area contributed by atoms with Gasteiger partial charge in [-0.3, -0.25) is 0 Å². The van der Waals surface area contributed by atoms with Crippen LogP contribution >= 0.6 is 0 Å². The van der Waals surface area contributed by atoms with Gasteiger partial charge in [-0.1, -0.05) is 200 Å². The molecule has 0 N–H and O–H groups in total. The fraction of sp³-hybridized carbons (Fsp3) is 0. The highest BCUT2D eigenvalue weighted by atomic mass is 15.0. The molecule has 14 rings (SSSR count). The van der Waals surface area contributed by atoms with E-state index in [0.29, 0.717) is 23.2 Å². The van der Waals surface area contributed by atoms with Gasteiger partial charge >= 0.3 is 0 Å². The fourth-order valence-electron chi connectivity index (χ4n) is 11.0. The summed E-state index contributed by atoms with van der Waals surface area (Å²) in [5, 5.41) is 4.62. The van der Waals surface area contributed by atoms with Crippen molar-refractivity contribution in [1.82, 2.24) is 24.1 Å². The summed E-state index contributed by atoms with van der Waals surface area (Å²) in [5.41, 5.74) is 17.9. The van der Waals surface area contributed by atoms with Gasteiger partial charge in [-0.2, -0.15) is 0 Å². The molecular formula is C70H44N6. The van der Waals surface area contributed by atoms with Crippen LogP contribution in [0.5, 0.6) is 0 Å². The molecule has 0 aliphatic carbocycles. The summed E-state index contributed by atoms with van der Waals surface area (Å²) in [7, 11) is 0. The number of fused-ring (bicyclic) bond motifs is 6. The molecule has 6 heteroatoms. The van der Waals surface area contributed by atoms with Crippen LogP contribution in [0.15, 0.2) is 267 Å². The summed E-state index contributed by atoms with van der Waals surface area (Å²) in [6.45, 7) is 8.30. The monoisotopic (exact) mass is 968 g/mol. The van der Waals surface area contributed by atoms with Gasteiger partial charge in [-0.25, -0.2) is 19.8 Å². The molecule has 0 fully saturated rings. The smallest absolute Gasteiger partial charge is 0.194 e. The third-order valence-corrected chi connectivity index (χ3v) is 14.6. The van der Waals surface area contributed by atoms with E-state index in [2.05, 4.69) is 196 Å². The predicted molar refractivity (Wildman–Crippen MR) is 313 cm³/mol. The molecule has 3 heterocycles. The second kappa shape index (κ2) is 18.5. The van der Waals surface area contributed by atoms with Crippen molar-refractivity contribution < 1.29 is 0 Å². The first-order valence-corrected chi connectivity index (χ1v) is 25.5. The van der Waals surface area contributed by atoms with Gasteiger partial charge in [0, 0.05) is 49.4 Å². The number of para-hydroxylation sites is 3. The molecule has 0 aliphatic heterocycles. The molecule has 0 unspecified atom stereocenters. The second-order valence-electron chi connectivity index (χ2n) is 19.0. The third kappa shape index (κ3) is 7.62. The van der Waals surface area contributed by atoms with Gasteiger partial charge in [-0.15, -0.1) is 0 Å². The number of hydrogen-bond donors (Lipinski definition) is 0. The zero-order chi connectivity index (χ0) is 50.5. The summed E-state index contributed by atoms with van der Waals surface area (Å²) >= 11 is 0. The normalized spacial score (nSPS) is 11.4. The van der Waals surface area contributed by atoms with Crippen LogP contribution < -0.4 is 0 Å². The van der Waals surface area contributed by atoms with E-state index < -0.39 is 0 Å². The van der Waals surface area contributed by atoms with Crippen molar-refractivity contribution >= 4 is 49.3 Å². The van der Waals surface area contributed by atoms with Gasteiger partial charge < -0.3 is 9.13 Å². The first-order valence-electron chi connectivity index (χ1n) is 25.5. The van der Waals surface area contributed by atoms with Gasteiger partial charge in [0.1, 0.15) is 0 Å². The van der Waals surface area contributed by atoms with Gasteiger partial charge in [0.05, 0.1) is 40.0 Å². The highest BCUT2D eigenvalue weighted by Crippen LogP contribution is 2.45. The maximum absolute atomic E-state index is 8.30. The molecule has 0 radical (unpaired) electrons. The van der Waals surface area contributed by atoms with E-state index in [-0.39, 0.29) is 0 Å². The van der Waals surface area contributed by atoms with Gasteiger partial charge in [0.2, 0.25) is 0 Å². The molecule has 0 amide bonds. The first-order chi connectivity index (χ1) is 37.6. The van der Waals surface area contributed by atoms with Crippen molar-refractivity contribution in [3.05, 3.63) is 278 Å². The van der Waals surface area contributed by atoms with E-state index in [9.17, 15) is 0 Å². The standard InChI is InChI=1S/C70H44N6/c1-71-61-31-17-14-28-54(61)52-36-40-66(75-62-32-18-15-29-55(62)57-42-50(34-38-64(57)75)46-20-6-2-7-21-46)59(44-52)60-45-53(70-73-68(48-24-10-4-11-25-48)72-69(74-70)49-26-12-5-13-27-49)37-41-67(60)76-63-33-19-16-30-56(63)58-43-51(35-39-65(58)76)47-22-8-3-9-23-47/h2-45H. The van der Waals surface area contributed by atoms with Crippen LogP contribution in [0.4, 0.5) is 5.69 Å². The maximum Gasteiger partial charge on any atom is 0.194 e. The largest absolute Gasteiger partial charge is 0.309 e. The van der Waals surface area contributed by atoms with Gasteiger partial charge in [0.25, 0.3) is 0 Å². The number of hydrogen-bond acceptors (Lipinski definition) is 3.